The molecular weight excluding hydrogens is 366 g/mol. The van der Waals surface area contributed by atoms with Gasteiger partial charge in [-0.2, -0.15) is 0 Å². The first kappa shape index (κ1) is 18.9. The molecule has 0 aliphatic carbocycles. The minimum Gasteiger partial charge on any atom is -0.394 e. The quantitative estimate of drug-likeness (QED) is 0.450. The van der Waals surface area contributed by atoms with E-state index in [4.69, 9.17) is 10.7 Å². The van der Waals surface area contributed by atoms with E-state index in [-0.39, 0.29) is 12.6 Å². The first-order valence-corrected chi connectivity index (χ1v) is 10.4. The molecule has 6 nitrogen and oxygen atoms in total. The number of nitrogens with two attached hydrogens (primary N) is 1. The lowest BCUT2D eigenvalue weighted by atomic mass is 10.1. The molecule has 0 amide bonds. The number of aromatic nitrogens is 3. The fraction of sp³-hybridized carbons (Fsp3) is 0.389. The molecule has 3 aromatic rings. The number of nitrogens with zero attached hydrogens (tertiary/aromatic N) is 4. The van der Waals surface area contributed by atoms with Crippen LogP contribution in [0, 0.1) is 0 Å². The van der Waals surface area contributed by atoms with Gasteiger partial charge in [0.1, 0.15) is 4.70 Å². The van der Waals surface area contributed by atoms with Crippen molar-refractivity contribution < 1.29 is 5.11 Å². The van der Waals surface area contributed by atoms with Crippen molar-refractivity contribution in [1.29, 1.82) is 0 Å². The van der Waals surface area contributed by atoms with E-state index < -0.39 is 0 Å². The van der Waals surface area contributed by atoms with Crippen LogP contribution in [0.2, 0.25) is 0 Å². The predicted molar refractivity (Wildman–Crippen MR) is 110 cm³/mol. The maximum Gasteiger partial charge on any atom is 0.191 e. The lowest BCUT2D eigenvalue weighted by Gasteiger charge is -2.27. The number of rotatable bonds is 8. The van der Waals surface area contributed by atoms with Crippen LogP contribution in [0.4, 0.5) is 10.9 Å². The molecule has 26 heavy (non-hydrogen) atoms. The highest BCUT2D eigenvalue weighted by Crippen LogP contribution is 2.34. The zero-order chi connectivity index (χ0) is 18.5. The largest absolute Gasteiger partial charge is 0.394 e. The predicted octanol–water partition coefficient (Wildman–Crippen LogP) is 3.56. The molecule has 0 saturated heterocycles. The second-order valence-electron chi connectivity index (χ2n) is 6.04. The van der Waals surface area contributed by atoms with Gasteiger partial charge < -0.3 is 15.7 Å². The monoisotopic (exact) mass is 389 g/mol. The molecule has 8 heteroatoms. The minimum atomic E-state index is 0.00778. The highest BCUT2D eigenvalue weighted by molar-refractivity contribution is 7.98. The molecule has 0 unspecified atom stereocenters. The molecule has 1 atom stereocenters. The lowest BCUT2D eigenvalue weighted by Crippen LogP contribution is -2.35. The van der Waals surface area contributed by atoms with E-state index in [1.54, 1.807) is 11.8 Å². The summed E-state index contributed by atoms with van der Waals surface area (Å²) in [5.74, 6) is 1.57. The first-order valence-electron chi connectivity index (χ1n) is 8.56. The van der Waals surface area contributed by atoms with Gasteiger partial charge in [0.15, 0.2) is 21.8 Å². The maximum atomic E-state index is 9.76. The van der Waals surface area contributed by atoms with E-state index in [0.29, 0.717) is 15.9 Å². The molecule has 0 spiro atoms. The van der Waals surface area contributed by atoms with Crippen molar-refractivity contribution >= 4 is 44.4 Å². The lowest BCUT2D eigenvalue weighted by molar-refractivity contribution is 0.255. The third kappa shape index (κ3) is 4.25. The van der Waals surface area contributed by atoms with Crippen molar-refractivity contribution in [2.24, 2.45) is 0 Å². The molecule has 138 valence electrons. The van der Waals surface area contributed by atoms with Gasteiger partial charge in [0.2, 0.25) is 0 Å². The van der Waals surface area contributed by atoms with Crippen LogP contribution in [0.15, 0.2) is 35.5 Å². The molecule has 0 bridgehead atoms. The summed E-state index contributed by atoms with van der Waals surface area (Å²) in [6, 6.07) is 10.2. The fourth-order valence-corrected chi connectivity index (χ4v) is 4.34. The summed E-state index contributed by atoms with van der Waals surface area (Å²) in [5.41, 5.74) is 7.74. The molecule has 1 aromatic carbocycles. The topological polar surface area (TPSA) is 88.2 Å². The van der Waals surface area contributed by atoms with Gasteiger partial charge >= 0.3 is 0 Å². The number of hydrogen-bond acceptors (Lipinski definition) is 8. The Hall–Kier alpha value is -1.90. The summed E-state index contributed by atoms with van der Waals surface area (Å²) in [4.78, 5) is 15.7. The number of anilines is 2. The normalized spacial score (nSPS) is 12.4. The second kappa shape index (κ2) is 8.66. The molecule has 0 saturated carbocycles. The molecule has 3 N–H and O–H groups in total. The molecule has 0 aliphatic heterocycles. The Labute approximate surface area is 161 Å². The van der Waals surface area contributed by atoms with Crippen LogP contribution < -0.4 is 10.6 Å². The SMILES string of the molecule is CCC[C@H](CO)N(C)c1nc(SCc2ccccc2)nc2nc(N)sc12. The first-order chi connectivity index (χ1) is 12.6. The standard InChI is InChI=1S/C18H23N5OS2/c1-3-7-13(10-24)23(2)16-14-15(20-17(19)26-14)21-18(22-16)25-11-12-8-5-4-6-9-12/h4-6,8-9,13,24H,3,7,10-11H2,1-2H3,(H2,19,20,21,22)/t13-/m1/s1. The Kier molecular flexibility index (Phi) is 6.29. The number of aliphatic hydroxyl groups is 1. The van der Waals surface area contributed by atoms with E-state index >= 15 is 0 Å². The van der Waals surface area contributed by atoms with Crippen LogP contribution in [0.3, 0.4) is 0 Å². The Morgan fingerprint density at radius 3 is 2.69 bits per heavy atom. The number of fused-ring (bicyclic) bond motifs is 1. The summed E-state index contributed by atoms with van der Waals surface area (Å²) >= 11 is 2.96. The van der Waals surface area contributed by atoms with Crippen LogP contribution >= 0.6 is 23.1 Å². The minimum absolute atomic E-state index is 0.00778. The van der Waals surface area contributed by atoms with Crippen molar-refractivity contribution in [3.8, 4) is 0 Å². The van der Waals surface area contributed by atoms with Crippen LogP contribution in [-0.2, 0) is 5.75 Å². The van der Waals surface area contributed by atoms with Gasteiger partial charge in [0.05, 0.1) is 12.6 Å². The summed E-state index contributed by atoms with van der Waals surface area (Å²) < 4.78 is 0.864. The Bertz CT molecular complexity index is 855. The van der Waals surface area contributed by atoms with Gasteiger partial charge in [-0.25, -0.2) is 15.0 Å². The number of benzene rings is 1. The highest BCUT2D eigenvalue weighted by Gasteiger charge is 2.21. The van der Waals surface area contributed by atoms with E-state index in [1.807, 2.05) is 30.1 Å². The molecule has 0 radical (unpaired) electrons. The van der Waals surface area contributed by atoms with E-state index in [0.717, 1.165) is 29.1 Å². The Morgan fingerprint density at radius 1 is 1.23 bits per heavy atom. The van der Waals surface area contributed by atoms with E-state index in [2.05, 4.69) is 29.0 Å². The van der Waals surface area contributed by atoms with Crippen molar-refractivity contribution in [1.82, 2.24) is 15.0 Å². The van der Waals surface area contributed by atoms with Crippen LogP contribution in [0.25, 0.3) is 10.3 Å². The number of thioether (sulfide) groups is 1. The molecule has 3 rings (SSSR count). The van der Waals surface area contributed by atoms with Crippen molar-refractivity contribution in [3.63, 3.8) is 0 Å². The number of nitrogen functional groups attached to an aromatic ring is 1. The highest BCUT2D eigenvalue weighted by atomic mass is 32.2. The fourth-order valence-electron chi connectivity index (χ4n) is 2.75. The van der Waals surface area contributed by atoms with Gasteiger partial charge in [-0.05, 0) is 12.0 Å². The molecular formula is C18H23N5OS2. The maximum absolute atomic E-state index is 9.76. The third-order valence-electron chi connectivity index (χ3n) is 4.16. The molecule has 2 heterocycles. The Morgan fingerprint density at radius 2 is 2.00 bits per heavy atom. The Balaban J connectivity index is 1.92. The van der Waals surface area contributed by atoms with E-state index in [1.165, 1.54) is 16.9 Å². The third-order valence-corrected chi connectivity index (χ3v) is 5.95. The number of aliphatic hydroxyl groups excluding tert-OH is 1. The average molecular weight is 390 g/mol. The summed E-state index contributed by atoms with van der Waals surface area (Å²) in [6.45, 7) is 2.19. The zero-order valence-electron chi connectivity index (χ0n) is 14.9. The smallest absolute Gasteiger partial charge is 0.191 e. The number of thiazole rings is 1. The average Bonchev–Trinajstić information content (AvgIpc) is 3.04. The van der Waals surface area contributed by atoms with Crippen LogP contribution in [0.5, 0.6) is 0 Å². The summed E-state index contributed by atoms with van der Waals surface area (Å²) in [7, 11) is 1.96. The summed E-state index contributed by atoms with van der Waals surface area (Å²) in [5, 5.41) is 10.9. The van der Waals surface area contributed by atoms with Gasteiger partial charge in [-0.3, -0.25) is 0 Å². The van der Waals surface area contributed by atoms with Crippen LogP contribution in [0.1, 0.15) is 25.3 Å². The van der Waals surface area contributed by atoms with Crippen LogP contribution in [-0.4, -0.2) is 39.8 Å². The van der Waals surface area contributed by atoms with Gasteiger partial charge in [0, 0.05) is 12.8 Å². The summed E-state index contributed by atoms with van der Waals surface area (Å²) in [6.07, 6.45) is 1.88. The second-order valence-corrected chi connectivity index (χ2v) is 8.02. The molecule has 0 aliphatic rings. The van der Waals surface area contributed by atoms with Crippen molar-refractivity contribution in [3.05, 3.63) is 35.9 Å². The van der Waals surface area contributed by atoms with Crippen molar-refractivity contribution in [2.75, 3.05) is 24.3 Å². The van der Waals surface area contributed by atoms with E-state index in [9.17, 15) is 5.11 Å². The van der Waals surface area contributed by atoms with Gasteiger partial charge in [0.25, 0.3) is 0 Å². The number of likely N-dealkylation sites (N-methyl/N-ethyl adjacent to an activating group) is 1. The molecule has 2 aromatic heterocycles. The van der Waals surface area contributed by atoms with Gasteiger partial charge in [-0.1, -0.05) is 66.8 Å². The molecule has 0 fully saturated rings. The number of hydrogen-bond donors (Lipinski definition) is 2. The van der Waals surface area contributed by atoms with Gasteiger partial charge in [-0.15, -0.1) is 0 Å². The zero-order valence-corrected chi connectivity index (χ0v) is 16.6. The van der Waals surface area contributed by atoms with Crippen molar-refractivity contribution in [2.45, 2.75) is 36.7 Å².